The number of benzene rings is 1. The number of anilines is 1. The zero-order chi connectivity index (χ0) is 16.8. The molecule has 0 aliphatic carbocycles. The summed E-state index contributed by atoms with van der Waals surface area (Å²) < 4.78 is 5.25. The summed E-state index contributed by atoms with van der Waals surface area (Å²) in [6.45, 7) is 2.60. The minimum absolute atomic E-state index is 0.0827. The molecule has 0 saturated heterocycles. The maximum atomic E-state index is 12.2. The Morgan fingerprint density at radius 2 is 2.04 bits per heavy atom. The van der Waals surface area contributed by atoms with Gasteiger partial charge < -0.3 is 15.0 Å². The van der Waals surface area contributed by atoms with Gasteiger partial charge in [0.25, 0.3) is 5.91 Å². The fourth-order valence-corrected chi connectivity index (χ4v) is 2.32. The lowest BCUT2D eigenvalue weighted by molar-refractivity contribution is 0.0954. The molecule has 5 heteroatoms. The molecule has 0 aliphatic heterocycles. The fourth-order valence-electron chi connectivity index (χ4n) is 2.32. The zero-order valence-corrected chi connectivity index (χ0v) is 14.1. The number of carbonyl (C=O) groups is 1. The standard InChI is InChI=1S/C18H23N3O2/c1-13-11-14(5-6-16(13)23-4)7-9-20-18(22)15-8-10-19-17(12-15)21(2)3/h5-6,8,10-12H,7,9H2,1-4H3,(H,20,22). The number of aryl methyl sites for hydroxylation is 1. The average Bonchev–Trinajstić information content (AvgIpc) is 2.55. The van der Waals surface area contributed by atoms with Crippen molar-refractivity contribution in [1.29, 1.82) is 0 Å². The second kappa shape index (κ2) is 7.63. The predicted octanol–water partition coefficient (Wildman–Crippen LogP) is 2.44. The number of methoxy groups -OCH3 is 1. The van der Waals surface area contributed by atoms with Crippen molar-refractivity contribution >= 4 is 11.7 Å². The summed E-state index contributed by atoms with van der Waals surface area (Å²) in [5.41, 5.74) is 2.89. The highest BCUT2D eigenvalue weighted by molar-refractivity contribution is 5.94. The van der Waals surface area contributed by atoms with Gasteiger partial charge in [-0.05, 0) is 42.7 Å². The molecule has 0 aliphatic rings. The summed E-state index contributed by atoms with van der Waals surface area (Å²) in [4.78, 5) is 18.3. The van der Waals surface area contributed by atoms with E-state index in [9.17, 15) is 4.79 Å². The molecule has 0 bridgehead atoms. The third-order valence-corrected chi connectivity index (χ3v) is 3.62. The van der Waals surface area contributed by atoms with Gasteiger partial charge in [-0.15, -0.1) is 0 Å². The molecule has 5 nitrogen and oxygen atoms in total. The van der Waals surface area contributed by atoms with Gasteiger partial charge >= 0.3 is 0 Å². The molecule has 0 unspecified atom stereocenters. The molecular formula is C18H23N3O2. The van der Waals surface area contributed by atoms with E-state index in [1.165, 1.54) is 5.56 Å². The van der Waals surface area contributed by atoms with E-state index >= 15 is 0 Å². The maximum Gasteiger partial charge on any atom is 0.251 e. The first-order valence-corrected chi connectivity index (χ1v) is 7.56. The van der Waals surface area contributed by atoms with E-state index in [0.29, 0.717) is 12.1 Å². The fraction of sp³-hybridized carbons (Fsp3) is 0.333. The number of amides is 1. The average molecular weight is 313 g/mol. The number of nitrogens with zero attached hydrogens (tertiary/aromatic N) is 2. The molecule has 1 heterocycles. The Labute approximate surface area is 137 Å². The van der Waals surface area contributed by atoms with Gasteiger partial charge in [-0.2, -0.15) is 0 Å². The molecule has 2 aromatic rings. The van der Waals surface area contributed by atoms with E-state index in [-0.39, 0.29) is 5.91 Å². The van der Waals surface area contributed by atoms with Gasteiger partial charge in [-0.25, -0.2) is 4.98 Å². The van der Waals surface area contributed by atoms with Crippen molar-refractivity contribution < 1.29 is 9.53 Å². The zero-order valence-electron chi connectivity index (χ0n) is 14.1. The summed E-state index contributed by atoms with van der Waals surface area (Å²) in [6, 6.07) is 9.57. The third-order valence-electron chi connectivity index (χ3n) is 3.62. The van der Waals surface area contributed by atoms with Gasteiger partial charge in [0.2, 0.25) is 0 Å². The van der Waals surface area contributed by atoms with Gasteiger partial charge in [-0.1, -0.05) is 12.1 Å². The molecule has 2 rings (SSSR count). The van der Waals surface area contributed by atoms with Crippen LogP contribution in [0.4, 0.5) is 5.82 Å². The molecule has 0 atom stereocenters. The molecular weight excluding hydrogens is 290 g/mol. The number of nitrogens with one attached hydrogen (secondary N) is 1. The van der Waals surface area contributed by atoms with Gasteiger partial charge in [0.05, 0.1) is 7.11 Å². The highest BCUT2D eigenvalue weighted by Crippen LogP contribution is 2.18. The van der Waals surface area contributed by atoms with Crippen LogP contribution in [0.3, 0.4) is 0 Å². The molecule has 1 amide bonds. The monoisotopic (exact) mass is 313 g/mol. The minimum Gasteiger partial charge on any atom is -0.496 e. The van der Waals surface area contributed by atoms with Crippen molar-refractivity contribution in [3.8, 4) is 5.75 Å². The summed E-state index contributed by atoms with van der Waals surface area (Å²) in [5.74, 6) is 1.56. The number of rotatable bonds is 6. The van der Waals surface area contributed by atoms with Crippen molar-refractivity contribution in [1.82, 2.24) is 10.3 Å². The van der Waals surface area contributed by atoms with Gasteiger partial charge in [0, 0.05) is 32.4 Å². The lowest BCUT2D eigenvalue weighted by Gasteiger charge is -2.12. The Bertz CT molecular complexity index is 684. The SMILES string of the molecule is COc1ccc(CCNC(=O)c2ccnc(N(C)C)c2)cc1C. The van der Waals surface area contributed by atoms with Crippen LogP contribution in [0.1, 0.15) is 21.5 Å². The van der Waals surface area contributed by atoms with E-state index in [0.717, 1.165) is 23.6 Å². The van der Waals surface area contributed by atoms with Crippen LogP contribution in [0, 0.1) is 6.92 Å². The highest BCUT2D eigenvalue weighted by atomic mass is 16.5. The molecule has 0 saturated carbocycles. The molecule has 1 aromatic heterocycles. The van der Waals surface area contributed by atoms with Crippen LogP contribution in [0.5, 0.6) is 5.75 Å². The first-order chi connectivity index (χ1) is 11.0. The summed E-state index contributed by atoms with van der Waals surface area (Å²) >= 11 is 0. The van der Waals surface area contributed by atoms with Gasteiger partial charge in [0.1, 0.15) is 11.6 Å². The Morgan fingerprint density at radius 1 is 1.26 bits per heavy atom. The van der Waals surface area contributed by atoms with Crippen molar-refractivity contribution in [2.45, 2.75) is 13.3 Å². The van der Waals surface area contributed by atoms with Gasteiger partial charge in [-0.3, -0.25) is 4.79 Å². The summed E-state index contributed by atoms with van der Waals surface area (Å²) in [6.07, 6.45) is 2.43. The first kappa shape index (κ1) is 16.8. The lowest BCUT2D eigenvalue weighted by Crippen LogP contribution is -2.26. The molecule has 0 fully saturated rings. The van der Waals surface area contributed by atoms with Gasteiger partial charge in [0.15, 0.2) is 0 Å². The topological polar surface area (TPSA) is 54.5 Å². The van der Waals surface area contributed by atoms with Crippen molar-refractivity contribution in [3.05, 3.63) is 53.2 Å². The van der Waals surface area contributed by atoms with E-state index in [1.54, 1.807) is 25.4 Å². The molecule has 1 aromatic carbocycles. The Hall–Kier alpha value is -2.56. The molecule has 23 heavy (non-hydrogen) atoms. The van der Waals surface area contributed by atoms with Crippen LogP contribution < -0.4 is 15.0 Å². The quantitative estimate of drug-likeness (QED) is 0.890. The van der Waals surface area contributed by atoms with Crippen molar-refractivity contribution in [3.63, 3.8) is 0 Å². The van der Waals surface area contributed by atoms with Crippen LogP contribution in [-0.2, 0) is 6.42 Å². The van der Waals surface area contributed by atoms with Crippen LogP contribution in [-0.4, -0.2) is 38.6 Å². The largest absolute Gasteiger partial charge is 0.496 e. The molecule has 122 valence electrons. The Kier molecular flexibility index (Phi) is 5.57. The third kappa shape index (κ3) is 4.45. The summed E-state index contributed by atoms with van der Waals surface area (Å²) in [5, 5.41) is 2.95. The number of hydrogen-bond acceptors (Lipinski definition) is 4. The van der Waals surface area contributed by atoms with Crippen molar-refractivity contribution in [2.75, 3.05) is 32.6 Å². The van der Waals surface area contributed by atoms with Crippen LogP contribution in [0.25, 0.3) is 0 Å². The second-order valence-electron chi connectivity index (χ2n) is 5.61. The first-order valence-electron chi connectivity index (χ1n) is 7.56. The Balaban J connectivity index is 1.92. The number of ether oxygens (including phenoxy) is 1. The number of aromatic nitrogens is 1. The van der Waals surface area contributed by atoms with E-state index < -0.39 is 0 Å². The maximum absolute atomic E-state index is 12.2. The number of hydrogen-bond donors (Lipinski definition) is 1. The van der Waals surface area contributed by atoms with Crippen molar-refractivity contribution in [2.24, 2.45) is 0 Å². The predicted molar refractivity (Wildman–Crippen MR) is 92.3 cm³/mol. The molecule has 1 N–H and O–H groups in total. The number of carbonyl (C=O) groups excluding carboxylic acids is 1. The number of pyridine rings is 1. The van der Waals surface area contributed by atoms with E-state index in [2.05, 4.69) is 16.4 Å². The normalized spacial score (nSPS) is 10.3. The lowest BCUT2D eigenvalue weighted by atomic mass is 10.1. The van der Waals surface area contributed by atoms with Crippen LogP contribution >= 0.6 is 0 Å². The smallest absolute Gasteiger partial charge is 0.251 e. The molecule has 0 radical (unpaired) electrons. The van der Waals surface area contributed by atoms with Crippen LogP contribution in [0.15, 0.2) is 36.5 Å². The summed E-state index contributed by atoms with van der Waals surface area (Å²) in [7, 11) is 5.46. The molecule has 0 spiro atoms. The minimum atomic E-state index is -0.0827. The Morgan fingerprint density at radius 3 is 2.70 bits per heavy atom. The van der Waals surface area contributed by atoms with E-state index in [1.807, 2.05) is 38.1 Å². The second-order valence-corrected chi connectivity index (χ2v) is 5.61. The van der Waals surface area contributed by atoms with E-state index in [4.69, 9.17) is 4.74 Å². The highest BCUT2D eigenvalue weighted by Gasteiger charge is 2.07. The van der Waals surface area contributed by atoms with Crippen LogP contribution in [0.2, 0.25) is 0 Å².